The van der Waals surface area contributed by atoms with Crippen LogP contribution in [-0.2, 0) is 6.54 Å². The lowest BCUT2D eigenvalue weighted by Crippen LogP contribution is -2.42. The summed E-state index contributed by atoms with van der Waals surface area (Å²) in [6.45, 7) is 7.45. The molecule has 0 amide bonds. The number of piperidine rings is 1. The summed E-state index contributed by atoms with van der Waals surface area (Å²) in [7, 11) is 2.05. The summed E-state index contributed by atoms with van der Waals surface area (Å²) in [6, 6.07) is 1.70. The van der Waals surface area contributed by atoms with Crippen LogP contribution in [0.1, 0.15) is 43.3 Å². The summed E-state index contributed by atoms with van der Waals surface area (Å²) in [5.74, 6) is 1.94. The molecule has 3 heterocycles. The molecule has 0 aromatic carbocycles. The Bertz CT molecular complexity index is 728. The van der Waals surface area contributed by atoms with Gasteiger partial charge < -0.3 is 15.7 Å². The van der Waals surface area contributed by atoms with Gasteiger partial charge >= 0.3 is 0 Å². The van der Waals surface area contributed by atoms with Crippen LogP contribution in [0, 0.1) is 5.92 Å². The third-order valence-corrected chi connectivity index (χ3v) is 6.22. The van der Waals surface area contributed by atoms with E-state index in [4.69, 9.17) is 5.73 Å². The van der Waals surface area contributed by atoms with Gasteiger partial charge in [0.2, 0.25) is 5.95 Å². The van der Waals surface area contributed by atoms with E-state index >= 15 is 0 Å². The van der Waals surface area contributed by atoms with Crippen molar-refractivity contribution in [3.63, 3.8) is 0 Å². The Morgan fingerprint density at radius 1 is 1.33 bits per heavy atom. The molecule has 3 rings (SSSR count). The number of rotatable bonds is 7. The minimum atomic E-state index is -0.331. The second kappa shape index (κ2) is 8.95. The number of thiazole rings is 1. The van der Waals surface area contributed by atoms with Crippen LogP contribution in [0.25, 0.3) is 0 Å². The minimum Gasteiger partial charge on any atom is -0.392 e. The quantitative estimate of drug-likeness (QED) is 0.750. The van der Waals surface area contributed by atoms with Crippen LogP contribution in [0.5, 0.6) is 0 Å². The third kappa shape index (κ3) is 5.37. The molecule has 0 aliphatic carbocycles. The Labute approximate surface area is 165 Å². The van der Waals surface area contributed by atoms with Gasteiger partial charge in [-0.1, -0.05) is 13.8 Å². The molecular formula is C19H30N6OS. The highest BCUT2D eigenvalue weighted by Crippen LogP contribution is 2.25. The van der Waals surface area contributed by atoms with Gasteiger partial charge in [0.05, 0.1) is 16.8 Å². The maximum atomic E-state index is 10.7. The third-order valence-electron chi connectivity index (χ3n) is 5.03. The van der Waals surface area contributed by atoms with Crippen LogP contribution in [0.2, 0.25) is 0 Å². The normalized spacial score (nSPS) is 17.0. The van der Waals surface area contributed by atoms with Crippen molar-refractivity contribution in [2.75, 3.05) is 37.3 Å². The smallest absolute Gasteiger partial charge is 0.227 e. The molecule has 148 valence electrons. The van der Waals surface area contributed by atoms with Crippen LogP contribution in [-0.4, -0.2) is 57.7 Å². The molecule has 8 heteroatoms. The van der Waals surface area contributed by atoms with Gasteiger partial charge in [0.1, 0.15) is 5.82 Å². The zero-order valence-electron chi connectivity index (χ0n) is 16.4. The standard InChI is InChI=1S/C19H30N6OS/c1-13(2)18-22-15(12-27-18)10-24(3)11-16(26)14-5-8-25(9-6-14)19-21-7-4-17(20)23-19/h4,7,12-14,16,26H,5-6,8-11H2,1-3H3,(H2,20,21,23). The summed E-state index contributed by atoms with van der Waals surface area (Å²) >= 11 is 1.72. The van der Waals surface area contributed by atoms with E-state index in [1.54, 1.807) is 23.6 Å². The Morgan fingerprint density at radius 3 is 2.70 bits per heavy atom. The molecule has 0 bridgehead atoms. The number of aliphatic hydroxyl groups is 1. The summed E-state index contributed by atoms with van der Waals surface area (Å²) < 4.78 is 0. The number of hydrogen-bond acceptors (Lipinski definition) is 8. The van der Waals surface area contributed by atoms with Gasteiger partial charge in [0.25, 0.3) is 0 Å². The topological polar surface area (TPSA) is 91.4 Å². The predicted molar refractivity (Wildman–Crippen MR) is 110 cm³/mol. The summed E-state index contributed by atoms with van der Waals surface area (Å²) in [5.41, 5.74) is 6.84. The van der Waals surface area contributed by atoms with E-state index in [0.29, 0.717) is 30.1 Å². The summed E-state index contributed by atoms with van der Waals surface area (Å²) in [5, 5.41) is 14.0. The van der Waals surface area contributed by atoms with Crippen molar-refractivity contribution in [3.05, 3.63) is 28.3 Å². The van der Waals surface area contributed by atoms with E-state index in [-0.39, 0.29) is 6.10 Å². The van der Waals surface area contributed by atoms with Crippen molar-refractivity contribution in [2.45, 2.75) is 45.3 Å². The zero-order chi connectivity index (χ0) is 19.4. The number of nitrogens with two attached hydrogens (primary N) is 1. The van der Waals surface area contributed by atoms with Crippen LogP contribution in [0.4, 0.5) is 11.8 Å². The fraction of sp³-hybridized carbons (Fsp3) is 0.632. The molecule has 1 aliphatic rings. The maximum absolute atomic E-state index is 10.7. The van der Waals surface area contributed by atoms with Gasteiger partial charge in [-0.25, -0.2) is 9.97 Å². The molecule has 1 atom stereocenters. The van der Waals surface area contributed by atoms with E-state index < -0.39 is 0 Å². The van der Waals surface area contributed by atoms with Crippen molar-refractivity contribution in [1.29, 1.82) is 0 Å². The average molecular weight is 391 g/mol. The fourth-order valence-corrected chi connectivity index (χ4v) is 4.29. The van der Waals surface area contributed by atoms with Gasteiger partial charge in [-0.05, 0) is 31.9 Å². The van der Waals surface area contributed by atoms with Gasteiger partial charge in [0, 0.05) is 43.7 Å². The molecule has 1 saturated heterocycles. The Hall–Kier alpha value is -1.77. The number of aliphatic hydroxyl groups excluding tert-OH is 1. The van der Waals surface area contributed by atoms with Crippen molar-refractivity contribution in [3.8, 4) is 0 Å². The molecule has 2 aromatic heterocycles. The fourth-order valence-electron chi connectivity index (χ4n) is 3.47. The molecular weight excluding hydrogens is 360 g/mol. The number of anilines is 2. The summed E-state index contributed by atoms with van der Waals surface area (Å²) in [6.07, 6.45) is 3.22. The first kappa shape index (κ1) is 20.0. The lowest BCUT2D eigenvalue weighted by atomic mass is 9.91. The lowest BCUT2D eigenvalue weighted by molar-refractivity contribution is 0.0586. The monoisotopic (exact) mass is 390 g/mol. The molecule has 7 nitrogen and oxygen atoms in total. The molecule has 1 aliphatic heterocycles. The van der Waals surface area contributed by atoms with Crippen LogP contribution >= 0.6 is 11.3 Å². The van der Waals surface area contributed by atoms with Crippen molar-refractivity contribution in [2.24, 2.45) is 5.92 Å². The molecule has 3 N–H and O–H groups in total. The second-order valence-corrected chi connectivity index (χ2v) is 8.59. The molecule has 1 fully saturated rings. The van der Waals surface area contributed by atoms with Gasteiger partial charge in [0.15, 0.2) is 0 Å². The van der Waals surface area contributed by atoms with Crippen LogP contribution < -0.4 is 10.6 Å². The summed E-state index contributed by atoms with van der Waals surface area (Å²) in [4.78, 5) is 17.6. The number of aromatic nitrogens is 3. The highest BCUT2D eigenvalue weighted by molar-refractivity contribution is 7.09. The van der Waals surface area contributed by atoms with Gasteiger partial charge in [-0.3, -0.25) is 4.90 Å². The number of hydrogen-bond donors (Lipinski definition) is 2. The van der Waals surface area contributed by atoms with E-state index in [9.17, 15) is 5.11 Å². The molecule has 2 aromatic rings. The average Bonchev–Trinajstić information content (AvgIpc) is 3.10. The highest BCUT2D eigenvalue weighted by atomic mass is 32.1. The highest BCUT2D eigenvalue weighted by Gasteiger charge is 2.27. The number of likely N-dealkylation sites (N-methyl/N-ethyl adjacent to an activating group) is 1. The van der Waals surface area contributed by atoms with Gasteiger partial charge in [-0.15, -0.1) is 11.3 Å². The molecule has 0 spiro atoms. The Morgan fingerprint density at radius 2 is 2.07 bits per heavy atom. The largest absolute Gasteiger partial charge is 0.392 e. The Kier molecular flexibility index (Phi) is 6.62. The van der Waals surface area contributed by atoms with Crippen LogP contribution in [0.15, 0.2) is 17.6 Å². The maximum Gasteiger partial charge on any atom is 0.227 e. The van der Waals surface area contributed by atoms with Crippen LogP contribution in [0.3, 0.4) is 0 Å². The molecule has 0 radical (unpaired) electrons. The second-order valence-electron chi connectivity index (χ2n) is 7.70. The Balaban J connectivity index is 1.46. The zero-order valence-corrected chi connectivity index (χ0v) is 17.2. The van der Waals surface area contributed by atoms with E-state index in [1.165, 1.54) is 5.01 Å². The molecule has 0 saturated carbocycles. The molecule has 1 unspecified atom stereocenters. The lowest BCUT2D eigenvalue weighted by Gasteiger charge is -2.35. The first-order valence-electron chi connectivity index (χ1n) is 9.56. The first-order valence-corrected chi connectivity index (χ1v) is 10.4. The number of nitrogen functional groups attached to an aromatic ring is 1. The predicted octanol–water partition coefficient (Wildman–Crippen LogP) is 2.35. The van der Waals surface area contributed by atoms with Crippen molar-refractivity contribution >= 4 is 23.1 Å². The molecule has 27 heavy (non-hydrogen) atoms. The van der Waals surface area contributed by atoms with E-state index in [2.05, 4.69) is 44.0 Å². The first-order chi connectivity index (χ1) is 12.9. The van der Waals surface area contributed by atoms with Gasteiger partial charge in [-0.2, -0.15) is 4.98 Å². The minimum absolute atomic E-state index is 0.298. The van der Waals surface area contributed by atoms with Crippen molar-refractivity contribution in [1.82, 2.24) is 19.9 Å². The SMILES string of the molecule is CC(C)c1nc(CN(C)CC(O)C2CCN(c3nccc(N)n3)CC2)cs1. The van der Waals surface area contributed by atoms with E-state index in [0.717, 1.165) is 38.2 Å². The van der Waals surface area contributed by atoms with Crippen molar-refractivity contribution < 1.29 is 5.11 Å². The number of nitrogens with zero attached hydrogens (tertiary/aromatic N) is 5. The van der Waals surface area contributed by atoms with E-state index in [1.807, 2.05) is 7.05 Å².